The number of nitrogens with zero attached hydrogens (tertiary/aromatic N) is 6. The summed E-state index contributed by atoms with van der Waals surface area (Å²) in [4.78, 5) is 12.4. The quantitative estimate of drug-likeness (QED) is 0.549. The van der Waals surface area contributed by atoms with E-state index in [-0.39, 0.29) is 12.1 Å². The van der Waals surface area contributed by atoms with E-state index in [1.165, 1.54) is 23.3 Å². The summed E-state index contributed by atoms with van der Waals surface area (Å²) >= 11 is 0. The summed E-state index contributed by atoms with van der Waals surface area (Å²) in [6.07, 6.45) is 2.69. The van der Waals surface area contributed by atoms with Gasteiger partial charge in [-0.3, -0.25) is 9.89 Å². The predicted octanol–water partition coefficient (Wildman–Crippen LogP) is 1.11. The maximum Gasteiger partial charge on any atom is 0.257 e. The number of nitrogens with one attached hydrogen (secondary N) is 2. The van der Waals surface area contributed by atoms with Crippen LogP contribution in [0.4, 0.5) is 4.39 Å². The van der Waals surface area contributed by atoms with E-state index in [2.05, 4.69) is 36.2 Å². The molecule has 130 valence electrons. The largest absolute Gasteiger partial charge is 0.359 e. The number of benzene rings is 1. The van der Waals surface area contributed by atoms with Crippen molar-refractivity contribution in [2.45, 2.75) is 6.54 Å². The fourth-order valence-corrected chi connectivity index (χ4v) is 2.34. The van der Waals surface area contributed by atoms with E-state index < -0.39 is 11.7 Å². The fourth-order valence-electron chi connectivity index (χ4n) is 2.34. The maximum absolute atomic E-state index is 13.8. The van der Waals surface area contributed by atoms with Crippen LogP contribution >= 0.6 is 0 Å². The molecule has 11 heteroatoms. The topological polar surface area (TPSA) is 127 Å². The van der Waals surface area contributed by atoms with E-state index in [9.17, 15) is 9.18 Å². The van der Waals surface area contributed by atoms with Gasteiger partial charge < -0.3 is 9.84 Å². The van der Waals surface area contributed by atoms with Crippen molar-refractivity contribution in [2.75, 3.05) is 0 Å². The average Bonchev–Trinajstić information content (AvgIpc) is 3.40. The van der Waals surface area contributed by atoms with Gasteiger partial charge in [-0.05, 0) is 22.6 Å². The number of carbonyl (C=O) groups is 1. The Morgan fingerprint density at radius 2 is 2.23 bits per heavy atom. The first kappa shape index (κ1) is 15.6. The number of rotatable bonds is 5. The van der Waals surface area contributed by atoms with Crippen molar-refractivity contribution in [3.63, 3.8) is 0 Å². The van der Waals surface area contributed by atoms with Gasteiger partial charge in [0.05, 0.1) is 12.7 Å². The van der Waals surface area contributed by atoms with Crippen molar-refractivity contribution >= 4 is 5.91 Å². The van der Waals surface area contributed by atoms with Gasteiger partial charge in [0.1, 0.15) is 23.4 Å². The Morgan fingerprint density at radius 1 is 1.35 bits per heavy atom. The molecular formula is C15H11FN8O2. The average molecular weight is 354 g/mol. The minimum Gasteiger partial charge on any atom is -0.359 e. The highest BCUT2D eigenvalue weighted by atomic mass is 19.1. The van der Waals surface area contributed by atoms with Crippen LogP contribution in [0.15, 0.2) is 47.4 Å². The summed E-state index contributed by atoms with van der Waals surface area (Å²) in [6, 6.07) is 7.79. The van der Waals surface area contributed by atoms with E-state index in [1.54, 1.807) is 24.3 Å². The number of tetrazole rings is 1. The van der Waals surface area contributed by atoms with Gasteiger partial charge in [0.25, 0.3) is 5.91 Å². The van der Waals surface area contributed by atoms with Gasteiger partial charge >= 0.3 is 0 Å². The molecule has 4 aromatic rings. The highest BCUT2D eigenvalue weighted by Crippen LogP contribution is 2.22. The number of hydrogen-bond donors (Lipinski definition) is 2. The number of aromatic nitrogens is 7. The zero-order valence-electron chi connectivity index (χ0n) is 13.1. The summed E-state index contributed by atoms with van der Waals surface area (Å²) in [6.45, 7) is 0.0700. The lowest BCUT2D eigenvalue weighted by Gasteiger charge is -2.02. The molecule has 2 N–H and O–H groups in total. The highest BCUT2D eigenvalue weighted by Gasteiger charge is 2.17. The number of carbonyl (C=O) groups excluding carboxylic acids is 1. The second-order valence-electron chi connectivity index (χ2n) is 5.23. The van der Waals surface area contributed by atoms with Gasteiger partial charge in [0.15, 0.2) is 11.6 Å². The molecule has 10 nitrogen and oxygen atoms in total. The van der Waals surface area contributed by atoms with Gasteiger partial charge in [0, 0.05) is 11.6 Å². The minimum atomic E-state index is -0.409. The zero-order chi connectivity index (χ0) is 17.9. The summed E-state index contributed by atoms with van der Waals surface area (Å²) in [7, 11) is 0. The molecule has 0 aliphatic rings. The summed E-state index contributed by atoms with van der Waals surface area (Å²) in [5.74, 6) is -0.102. The van der Waals surface area contributed by atoms with Crippen LogP contribution in [0.1, 0.15) is 16.1 Å². The molecule has 0 spiro atoms. The number of H-pyrrole nitrogens is 1. The van der Waals surface area contributed by atoms with Crippen molar-refractivity contribution in [3.8, 4) is 17.1 Å². The Bertz CT molecular complexity index is 1040. The second-order valence-corrected chi connectivity index (χ2v) is 5.23. The second kappa shape index (κ2) is 6.55. The standard InChI is InChI=1S/C15H11FN8O2/c16-12-4-2-1-3-10(12)13-5-9(26-21-13)6-17-15(25)11-7-18-20-14(11)24-8-19-22-23-24/h1-5,7-8H,6H2,(H,17,25)(H,18,20). The third-order valence-corrected chi connectivity index (χ3v) is 3.57. The fraction of sp³-hybridized carbons (Fsp3) is 0.0667. The van der Waals surface area contributed by atoms with E-state index >= 15 is 0 Å². The maximum atomic E-state index is 13.8. The molecule has 1 amide bonds. The summed E-state index contributed by atoms with van der Waals surface area (Å²) < 4.78 is 20.2. The first-order chi connectivity index (χ1) is 12.7. The van der Waals surface area contributed by atoms with Crippen LogP contribution in [0.3, 0.4) is 0 Å². The molecule has 0 unspecified atom stereocenters. The molecule has 0 saturated heterocycles. The monoisotopic (exact) mass is 354 g/mol. The molecule has 4 rings (SSSR count). The molecule has 0 atom stereocenters. The Balaban J connectivity index is 1.46. The van der Waals surface area contributed by atoms with Crippen molar-refractivity contribution in [1.29, 1.82) is 0 Å². The van der Waals surface area contributed by atoms with E-state index in [1.807, 2.05) is 0 Å². The van der Waals surface area contributed by atoms with Crippen LogP contribution < -0.4 is 5.32 Å². The van der Waals surface area contributed by atoms with E-state index in [4.69, 9.17) is 4.52 Å². The van der Waals surface area contributed by atoms with Crippen LogP contribution in [0.2, 0.25) is 0 Å². The number of hydrogen-bond acceptors (Lipinski definition) is 7. The van der Waals surface area contributed by atoms with Gasteiger partial charge in [-0.1, -0.05) is 17.3 Å². The van der Waals surface area contributed by atoms with Gasteiger partial charge in [-0.2, -0.15) is 9.78 Å². The van der Waals surface area contributed by atoms with Crippen LogP contribution in [0.5, 0.6) is 0 Å². The van der Waals surface area contributed by atoms with Gasteiger partial charge in [0.2, 0.25) is 0 Å². The smallest absolute Gasteiger partial charge is 0.257 e. The molecule has 0 saturated carbocycles. The molecule has 0 aliphatic heterocycles. The van der Waals surface area contributed by atoms with Crippen LogP contribution in [0.25, 0.3) is 17.1 Å². The molecule has 3 aromatic heterocycles. The normalized spacial score (nSPS) is 10.8. The third kappa shape index (κ3) is 2.92. The molecule has 3 heterocycles. The van der Waals surface area contributed by atoms with Crippen molar-refractivity contribution < 1.29 is 13.7 Å². The number of halogens is 1. The molecule has 0 radical (unpaired) electrons. The Labute approximate surface area is 145 Å². The van der Waals surface area contributed by atoms with Crippen molar-refractivity contribution in [1.82, 2.24) is 40.9 Å². The first-order valence-electron chi connectivity index (χ1n) is 7.48. The van der Waals surface area contributed by atoms with Gasteiger partial charge in [-0.15, -0.1) is 5.10 Å². The van der Waals surface area contributed by atoms with Crippen LogP contribution in [0, 0.1) is 5.82 Å². The minimum absolute atomic E-state index is 0.0700. The lowest BCUT2D eigenvalue weighted by Crippen LogP contribution is -2.23. The number of aromatic amines is 1. The summed E-state index contributed by atoms with van der Waals surface area (Å²) in [5, 5.41) is 23.7. The molecule has 1 aromatic carbocycles. The van der Waals surface area contributed by atoms with Crippen molar-refractivity contribution in [2.24, 2.45) is 0 Å². The molecule has 0 fully saturated rings. The Kier molecular flexibility index (Phi) is 3.94. The Hall–Kier alpha value is -3.89. The molecule has 26 heavy (non-hydrogen) atoms. The van der Waals surface area contributed by atoms with Crippen LogP contribution in [-0.4, -0.2) is 41.5 Å². The highest BCUT2D eigenvalue weighted by molar-refractivity contribution is 5.96. The zero-order valence-corrected chi connectivity index (χ0v) is 13.1. The summed E-state index contributed by atoms with van der Waals surface area (Å²) in [5.41, 5.74) is 0.931. The lowest BCUT2D eigenvalue weighted by atomic mass is 10.1. The molecule has 0 bridgehead atoms. The molecule has 0 aliphatic carbocycles. The molecular weight excluding hydrogens is 343 g/mol. The van der Waals surface area contributed by atoms with E-state index in [0.29, 0.717) is 22.8 Å². The number of amides is 1. The predicted molar refractivity (Wildman–Crippen MR) is 84.4 cm³/mol. The lowest BCUT2D eigenvalue weighted by molar-refractivity contribution is 0.0947. The van der Waals surface area contributed by atoms with Gasteiger partial charge in [-0.25, -0.2) is 4.39 Å². The first-order valence-corrected chi connectivity index (χ1v) is 7.48. The van der Waals surface area contributed by atoms with Crippen molar-refractivity contribution in [3.05, 3.63) is 60.0 Å². The van der Waals surface area contributed by atoms with Crippen LogP contribution in [-0.2, 0) is 6.54 Å². The SMILES string of the molecule is O=C(NCc1cc(-c2ccccc2F)no1)c1cn[nH]c1-n1cnnn1. The third-order valence-electron chi connectivity index (χ3n) is 3.57. The Morgan fingerprint density at radius 3 is 3.04 bits per heavy atom. The van der Waals surface area contributed by atoms with E-state index in [0.717, 1.165) is 0 Å².